The van der Waals surface area contributed by atoms with Crippen molar-refractivity contribution in [1.82, 2.24) is 4.72 Å². The van der Waals surface area contributed by atoms with Crippen molar-refractivity contribution in [2.75, 3.05) is 7.11 Å². The molecule has 0 saturated carbocycles. The number of benzene rings is 2. The van der Waals surface area contributed by atoms with Crippen LogP contribution in [0.2, 0.25) is 10.0 Å². The van der Waals surface area contributed by atoms with Gasteiger partial charge in [0.15, 0.2) is 0 Å². The van der Waals surface area contributed by atoms with E-state index < -0.39 is 27.5 Å². The third-order valence-electron chi connectivity index (χ3n) is 2.85. The molecule has 0 aliphatic rings. The molecule has 2 rings (SSSR count). The Morgan fingerprint density at radius 1 is 1.16 bits per heavy atom. The van der Waals surface area contributed by atoms with Gasteiger partial charge in [0.2, 0.25) is 0 Å². The molecule has 2 aromatic rings. The Balaban J connectivity index is 2.31. The van der Waals surface area contributed by atoms with Crippen LogP contribution < -0.4 is 19.3 Å². The summed E-state index contributed by atoms with van der Waals surface area (Å²) < 4.78 is 47.6. The highest BCUT2D eigenvalue weighted by atomic mass is 35.5. The molecule has 0 bridgehead atoms. The van der Waals surface area contributed by atoms with Crippen molar-refractivity contribution in [3.05, 3.63) is 51.8 Å². The van der Waals surface area contributed by atoms with Gasteiger partial charge in [0.1, 0.15) is 23.1 Å². The van der Waals surface area contributed by atoms with E-state index in [1.807, 2.05) is 0 Å². The minimum absolute atomic E-state index is 0.104. The highest BCUT2D eigenvalue weighted by Gasteiger charge is 2.19. The second-order valence-corrected chi connectivity index (χ2v) is 6.75. The van der Waals surface area contributed by atoms with Crippen LogP contribution in [-0.4, -0.2) is 21.4 Å². The van der Waals surface area contributed by atoms with Gasteiger partial charge in [-0.1, -0.05) is 23.2 Å². The number of rotatable bonds is 5. The summed E-state index contributed by atoms with van der Waals surface area (Å²) in [6, 6.07) is 6.23. The van der Waals surface area contributed by atoms with E-state index in [9.17, 15) is 17.6 Å². The van der Waals surface area contributed by atoms with Crippen molar-refractivity contribution in [2.24, 2.45) is 5.14 Å². The minimum atomic E-state index is -4.34. The first-order chi connectivity index (χ1) is 11.6. The molecule has 3 N–H and O–H groups in total. The van der Waals surface area contributed by atoms with E-state index in [1.54, 1.807) is 0 Å². The number of ether oxygens (including phenoxy) is 2. The minimum Gasteiger partial charge on any atom is -0.495 e. The van der Waals surface area contributed by atoms with Crippen molar-refractivity contribution >= 4 is 39.3 Å². The van der Waals surface area contributed by atoms with E-state index in [0.29, 0.717) is 5.75 Å². The Bertz CT molecular complexity index is 937. The van der Waals surface area contributed by atoms with E-state index >= 15 is 0 Å². The molecule has 0 aliphatic heterocycles. The maximum Gasteiger partial charge on any atom is 0.298 e. The molecular formula is C14H11Cl2FN2O5S. The quantitative estimate of drug-likeness (QED) is 0.790. The third kappa shape index (κ3) is 4.95. The van der Waals surface area contributed by atoms with Gasteiger partial charge in [-0.05, 0) is 18.2 Å². The van der Waals surface area contributed by atoms with Crippen LogP contribution in [0.15, 0.2) is 30.3 Å². The summed E-state index contributed by atoms with van der Waals surface area (Å²) in [5.41, 5.74) is -0.612. The number of hydrogen-bond donors (Lipinski definition) is 2. The van der Waals surface area contributed by atoms with Crippen molar-refractivity contribution < 1.29 is 27.1 Å². The van der Waals surface area contributed by atoms with Crippen LogP contribution in [0.4, 0.5) is 4.39 Å². The lowest BCUT2D eigenvalue weighted by molar-refractivity contribution is 0.0977. The standard InChI is InChI=1S/C14H11Cl2FN2O5S/c1-23-12-3-2-7(4-9(12)15)24-13-6-11(17)8(5-10(13)16)14(20)19-25(18,21)22/h2-6H,1H3,(H,19,20)(H2,18,21,22). The first-order valence-electron chi connectivity index (χ1n) is 6.46. The Morgan fingerprint density at radius 2 is 1.80 bits per heavy atom. The maximum atomic E-state index is 14.1. The average Bonchev–Trinajstić information content (AvgIpc) is 2.49. The highest BCUT2D eigenvalue weighted by Crippen LogP contribution is 2.35. The lowest BCUT2D eigenvalue weighted by atomic mass is 10.2. The second-order valence-electron chi connectivity index (χ2n) is 4.64. The SMILES string of the molecule is COc1ccc(Oc2cc(F)c(C(=O)NS(N)(=O)=O)cc2Cl)cc1Cl. The summed E-state index contributed by atoms with van der Waals surface area (Å²) >= 11 is 11.9. The predicted molar refractivity (Wildman–Crippen MR) is 90.1 cm³/mol. The van der Waals surface area contributed by atoms with Gasteiger partial charge >= 0.3 is 0 Å². The van der Waals surface area contributed by atoms with E-state index in [2.05, 4.69) is 5.14 Å². The van der Waals surface area contributed by atoms with E-state index in [-0.39, 0.29) is 21.5 Å². The summed E-state index contributed by atoms with van der Waals surface area (Å²) in [4.78, 5) is 11.7. The fourth-order valence-corrected chi connectivity index (χ4v) is 2.62. The first-order valence-corrected chi connectivity index (χ1v) is 8.76. The van der Waals surface area contributed by atoms with Gasteiger partial charge in [-0.2, -0.15) is 8.42 Å². The van der Waals surface area contributed by atoms with Gasteiger partial charge in [-0.3, -0.25) is 4.79 Å². The van der Waals surface area contributed by atoms with Gasteiger partial charge in [-0.25, -0.2) is 14.3 Å². The molecule has 0 atom stereocenters. The van der Waals surface area contributed by atoms with Gasteiger partial charge in [0.25, 0.3) is 16.1 Å². The topological polar surface area (TPSA) is 108 Å². The molecular weight excluding hydrogens is 398 g/mol. The second kappa shape index (κ2) is 7.44. The highest BCUT2D eigenvalue weighted by molar-refractivity contribution is 7.87. The Kier molecular flexibility index (Phi) is 5.73. The summed E-state index contributed by atoms with van der Waals surface area (Å²) in [5, 5.41) is 4.80. The summed E-state index contributed by atoms with van der Waals surface area (Å²) in [7, 11) is -2.89. The Morgan fingerprint density at radius 3 is 2.36 bits per heavy atom. The number of amides is 1. The van der Waals surface area contributed by atoms with Gasteiger partial charge in [0, 0.05) is 12.1 Å². The zero-order valence-electron chi connectivity index (χ0n) is 12.5. The molecule has 0 aliphatic carbocycles. The number of carbonyl (C=O) groups excluding carboxylic acids is 1. The molecule has 7 nitrogen and oxygen atoms in total. The number of halogens is 3. The normalized spacial score (nSPS) is 11.1. The maximum absolute atomic E-state index is 14.1. The summed E-state index contributed by atoms with van der Waals surface area (Å²) in [6.07, 6.45) is 0. The van der Waals surface area contributed by atoms with Crippen LogP contribution >= 0.6 is 23.2 Å². The van der Waals surface area contributed by atoms with Crippen LogP contribution in [-0.2, 0) is 10.2 Å². The summed E-state index contributed by atoms with van der Waals surface area (Å²) in [5.74, 6) is -1.76. The van der Waals surface area contributed by atoms with Crippen LogP contribution in [0.1, 0.15) is 10.4 Å². The lowest BCUT2D eigenvalue weighted by Crippen LogP contribution is -2.36. The van der Waals surface area contributed by atoms with Gasteiger partial charge in [-0.15, -0.1) is 0 Å². The number of carbonyl (C=O) groups is 1. The van der Waals surface area contributed by atoms with Gasteiger partial charge in [0.05, 0.1) is 22.7 Å². The molecule has 0 aromatic heterocycles. The molecule has 1 amide bonds. The number of nitrogens with one attached hydrogen (secondary N) is 1. The molecule has 0 heterocycles. The molecule has 0 radical (unpaired) electrons. The number of methoxy groups -OCH3 is 1. The number of hydrogen-bond acceptors (Lipinski definition) is 5. The molecule has 25 heavy (non-hydrogen) atoms. The predicted octanol–water partition coefficient (Wildman–Crippen LogP) is 2.87. The zero-order valence-corrected chi connectivity index (χ0v) is 14.9. The molecule has 0 spiro atoms. The van der Waals surface area contributed by atoms with Crippen molar-refractivity contribution in [1.29, 1.82) is 0 Å². The molecule has 0 saturated heterocycles. The Hall–Kier alpha value is -2.07. The lowest BCUT2D eigenvalue weighted by Gasteiger charge is -2.11. The fourth-order valence-electron chi connectivity index (χ4n) is 1.80. The molecule has 0 unspecified atom stereocenters. The first kappa shape index (κ1) is 19.3. The molecule has 134 valence electrons. The summed E-state index contributed by atoms with van der Waals surface area (Å²) in [6.45, 7) is 0. The van der Waals surface area contributed by atoms with E-state index in [0.717, 1.165) is 12.1 Å². The van der Waals surface area contributed by atoms with Crippen molar-refractivity contribution in [3.8, 4) is 17.2 Å². The smallest absolute Gasteiger partial charge is 0.298 e. The monoisotopic (exact) mass is 408 g/mol. The van der Waals surface area contributed by atoms with Crippen molar-refractivity contribution in [3.63, 3.8) is 0 Å². The van der Waals surface area contributed by atoms with Crippen LogP contribution in [0.25, 0.3) is 0 Å². The van der Waals surface area contributed by atoms with Crippen LogP contribution in [0.3, 0.4) is 0 Å². The van der Waals surface area contributed by atoms with Crippen molar-refractivity contribution in [2.45, 2.75) is 0 Å². The number of nitrogens with two attached hydrogens (primary N) is 1. The molecule has 2 aromatic carbocycles. The van der Waals surface area contributed by atoms with E-state index in [1.165, 1.54) is 30.0 Å². The largest absolute Gasteiger partial charge is 0.495 e. The average molecular weight is 409 g/mol. The Labute approximate surface area is 152 Å². The fraction of sp³-hybridized carbons (Fsp3) is 0.0714. The third-order valence-corrected chi connectivity index (χ3v) is 3.91. The van der Waals surface area contributed by atoms with Crippen LogP contribution in [0, 0.1) is 5.82 Å². The zero-order chi connectivity index (χ0) is 18.8. The van der Waals surface area contributed by atoms with Crippen LogP contribution in [0.5, 0.6) is 17.2 Å². The van der Waals surface area contributed by atoms with Gasteiger partial charge < -0.3 is 9.47 Å². The molecule has 0 fully saturated rings. The molecule has 11 heteroatoms. The van der Waals surface area contributed by atoms with E-state index in [4.69, 9.17) is 32.7 Å².